The minimum atomic E-state index is -0.527. The predicted molar refractivity (Wildman–Crippen MR) is 86.8 cm³/mol. The highest BCUT2D eigenvalue weighted by molar-refractivity contribution is 5.71. The monoisotopic (exact) mass is 331 g/mol. The standard InChI is InChI=1S/C17H9N5O3/c18-8-11(17(21)12(9-19)10-20)7-13-5-6-16(25-13)14-3-1-2-4-15(14)22(23)24/h1-7H,21H2. The van der Waals surface area contributed by atoms with E-state index in [2.05, 4.69) is 0 Å². The maximum absolute atomic E-state index is 11.1. The van der Waals surface area contributed by atoms with E-state index in [1.54, 1.807) is 24.3 Å². The Morgan fingerprint density at radius 3 is 2.40 bits per heavy atom. The van der Waals surface area contributed by atoms with Crippen LogP contribution in [0.3, 0.4) is 0 Å². The van der Waals surface area contributed by atoms with Crippen molar-refractivity contribution in [2.24, 2.45) is 5.73 Å². The molecule has 8 nitrogen and oxygen atoms in total. The van der Waals surface area contributed by atoms with E-state index in [0.717, 1.165) is 0 Å². The number of furan rings is 1. The van der Waals surface area contributed by atoms with Crippen molar-refractivity contribution in [2.75, 3.05) is 0 Å². The molecule has 0 aliphatic heterocycles. The molecule has 25 heavy (non-hydrogen) atoms. The lowest BCUT2D eigenvalue weighted by Gasteiger charge is -1.99. The summed E-state index contributed by atoms with van der Waals surface area (Å²) in [6.07, 6.45) is 1.25. The second-order valence-electron chi connectivity index (χ2n) is 4.66. The third-order valence-electron chi connectivity index (χ3n) is 3.18. The zero-order chi connectivity index (χ0) is 18.4. The van der Waals surface area contributed by atoms with Gasteiger partial charge in [0.1, 0.15) is 29.7 Å². The van der Waals surface area contributed by atoms with E-state index in [4.69, 9.17) is 25.9 Å². The molecule has 8 heteroatoms. The van der Waals surface area contributed by atoms with Crippen molar-refractivity contribution in [3.05, 3.63) is 69.1 Å². The minimum absolute atomic E-state index is 0.122. The highest BCUT2D eigenvalue weighted by atomic mass is 16.6. The third-order valence-corrected chi connectivity index (χ3v) is 3.18. The summed E-state index contributed by atoms with van der Waals surface area (Å²) in [5, 5.41) is 37.9. The number of hydrogen-bond acceptors (Lipinski definition) is 7. The zero-order valence-corrected chi connectivity index (χ0v) is 12.6. The Bertz CT molecular complexity index is 1010. The van der Waals surface area contributed by atoms with E-state index in [0.29, 0.717) is 0 Å². The molecule has 2 rings (SSSR count). The molecular formula is C17H9N5O3. The van der Waals surface area contributed by atoms with Crippen LogP contribution in [-0.2, 0) is 0 Å². The number of nitro benzene ring substituents is 1. The van der Waals surface area contributed by atoms with Gasteiger partial charge in [0.2, 0.25) is 0 Å². The summed E-state index contributed by atoms with van der Waals surface area (Å²) < 4.78 is 5.51. The maximum atomic E-state index is 11.1. The normalized spacial score (nSPS) is 10.2. The number of nitrogens with zero attached hydrogens (tertiary/aromatic N) is 4. The van der Waals surface area contributed by atoms with Crippen LogP contribution in [0.5, 0.6) is 0 Å². The van der Waals surface area contributed by atoms with Crippen molar-refractivity contribution in [3.63, 3.8) is 0 Å². The summed E-state index contributed by atoms with van der Waals surface area (Å²) in [6.45, 7) is 0. The molecule has 0 atom stereocenters. The fourth-order valence-electron chi connectivity index (χ4n) is 2.01. The summed E-state index contributed by atoms with van der Waals surface area (Å²) in [5.74, 6) is 0.432. The quantitative estimate of drug-likeness (QED) is 0.391. The highest BCUT2D eigenvalue weighted by Crippen LogP contribution is 2.31. The van der Waals surface area contributed by atoms with Crippen molar-refractivity contribution in [1.82, 2.24) is 0 Å². The SMILES string of the molecule is N#CC(=Cc1ccc(-c2ccccc2[N+](=O)[O-])o1)C(N)=C(C#N)C#N. The van der Waals surface area contributed by atoms with Gasteiger partial charge in [-0.05, 0) is 18.2 Å². The average molecular weight is 331 g/mol. The summed E-state index contributed by atoms with van der Waals surface area (Å²) in [5.41, 5.74) is 5.01. The largest absolute Gasteiger partial charge is 0.456 e. The first-order valence-electron chi connectivity index (χ1n) is 6.77. The summed E-state index contributed by atoms with van der Waals surface area (Å²) in [4.78, 5) is 10.6. The predicted octanol–water partition coefficient (Wildman–Crippen LogP) is 3.02. The van der Waals surface area contributed by atoms with Gasteiger partial charge in [-0.15, -0.1) is 0 Å². The van der Waals surface area contributed by atoms with E-state index < -0.39 is 10.5 Å². The molecule has 2 N–H and O–H groups in total. The molecule has 0 bridgehead atoms. The average Bonchev–Trinajstić information content (AvgIpc) is 3.09. The van der Waals surface area contributed by atoms with Crippen molar-refractivity contribution >= 4 is 11.8 Å². The summed E-state index contributed by atoms with van der Waals surface area (Å²) in [6, 6.07) is 14.0. The molecular weight excluding hydrogens is 322 g/mol. The number of rotatable bonds is 4. The maximum Gasteiger partial charge on any atom is 0.280 e. The molecule has 2 aromatic rings. The number of nitrogens with two attached hydrogens (primary N) is 1. The van der Waals surface area contributed by atoms with Gasteiger partial charge >= 0.3 is 0 Å². The summed E-state index contributed by atoms with van der Waals surface area (Å²) in [7, 11) is 0. The molecule has 0 radical (unpaired) electrons. The Hall–Kier alpha value is -4.35. The van der Waals surface area contributed by atoms with Crippen molar-refractivity contribution in [2.45, 2.75) is 0 Å². The molecule has 0 aliphatic carbocycles. The third kappa shape index (κ3) is 3.53. The van der Waals surface area contributed by atoms with Gasteiger partial charge in [-0.25, -0.2) is 0 Å². The van der Waals surface area contributed by atoms with Crippen LogP contribution in [-0.4, -0.2) is 4.92 Å². The molecule has 0 amide bonds. The van der Waals surface area contributed by atoms with Crippen LogP contribution >= 0.6 is 0 Å². The van der Waals surface area contributed by atoms with Crippen LogP contribution in [0, 0.1) is 44.1 Å². The molecule has 0 aliphatic rings. The van der Waals surface area contributed by atoms with Gasteiger partial charge in [-0.1, -0.05) is 12.1 Å². The lowest BCUT2D eigenvalue weighted by atomic mass is 10.1. The minimum Gasteiger partial charge on any atom is -0.456 e. The smallest absolute Gasteiger partial charge is 0.280 e. The molecule has 1 heterocycles. The Morgan fingerprint density at radius 1 is 1.12 bits per heavy atom. The number of para-hydroxylation sites is 1. The van der Waals surface area contributed by atoms with Crippen LogP contribution in [0.2, 0.25) is 0 Å². The Labute approximate surface area is 142 Å². The van der Waals surface area contributed by atoms with Crippen molar-refractivity contribution in [1.29, 1.82) is 15.8 Å². The van der Waals surface area contributed by atoms with Gasteiger partial charge in [-0.3, -0.25) is 10.1 Å². The Balaban J connectivity index is 2.49. The number of hydrogen-bond donors (Lipinski definition) is 1. The van der Waals surface area contributed by atoms with Crippen LogP contribution < -0.4 is 5.73 Å². The van der Waals surface area contributed by atoms with Gasteiger partial charge in [0.05, 0.1) is 21.8 Å². The second kappa shape index (κ2) is 7.28. The van der Waals surface area contributed by atoms with E-state index in [1.165, 1.54) is 36.4 Å². The molecule has 0 spiro atoms. The van der Waals surface area contributed by atoms with Crippen LogP contribution in [0.1, 0.15) is 5.76 Å². The first-order valence-corrected chi connectivity index (χ1v) is 6.77. The number of benzene rings is 1. The zero-order valence-electron chi connectivity index (χ0n) is 12.6. The summed E-state index contributed by atoms with van der Waals surface area (Å²) >= 11 is 0. The van der Waals surface area contributed by atoms with E-state index >= 15 is 0 Å². The molecule has 120 valence electrons. The van der Waals surface area contributed by atoms with Gasteiger partial charge in [0.25, 0.3) is 5.69 Å². The number of allylic oxidation sites excluding steroid dienone is 2. The lowest BCUT2D eigenvalue weighted by molar-refractivity contribution is -0.384. The van der Waals surface area contributed by atoms with Gasteiger partial charge in [0.15, 0.2) is 5.57 Å². The van der Waals surface area contributed by atoms with Gasteiger partial charge in [0, 0.05) is 12.1 Å². The van der Waals surface area contributed by atoms with Crippen LogP contribution in [0.4, 0.5) is 5.69 Å². The van der Waals surface area contributed by atoms with Crippen molar-refractivity contribution in [3.8, 4) is 29.5 Å². The van der Waals surface area contributed by atoms with Crippen LogP contribution in [0.15, 0.2) is 57.7 Å². The number of nitro groups is 1. The first-order chi connectivity index (χ1) is 12.0. The lowest BCUT2D eigenvalue weighted by Crippen LogP contribution is -2.03. The van der Waals surface area contributed by atoms with Gasteiger partial charge < -0.3 is 10.2 Å². The first kappa shape index (κ1) is 17.0. The molecule has 0 unspecified atom stereocenters. The highest BCUT2D eigenvalue weighted by Gasteiger charge is 2.17. The molecule has 0 saturated heterocycles. The van der Waals surface area contributed by atoms with E-state index in [-0.39, 0.29) is 34.0 Å². The Morgan fingerprint density at radius 2 is 1.80 bits per heavy atom. The van der Waals surface area contributed by atoms with E-state index in [1.807, 2.05) is 0 Å². The fourth-order valence-corrected chi connectivity index (χ4v) is 2.01. The molecule has 0 saturated carbocycles. The molecule has 0 fully saturated rings. The molecule has 1 aromatic carbocycles. The van der Waals surface area contributed by atoms with Crippen LogP contribution in [0.25, 0.3) is 17.4 Å². The fraction of sp³-hybridized carbons (Fsp3) is 0. The van der Waals surface area contributed by atoms with E-state index in [9.17, 15) is 10.1 Å². The topological polar surface area (TPSA) is 154 Å². The number of nitriles is 3. The molecule has 1 aromatic heterocycles. The second-order valence-corrected chi connectivity index (χ2v) is 4.66. The van der Waals surface area contributed by atoms with Crippen molar-refractivity contribution < 1.29 is 9.34 Å². The Kier molecular flexibility index (Phi) is 4.95. The van der Waals surface area contributed by atoms with Gasteiger partial charge in [-0.2, -0.15) is 15.8 Å².